The fraction of sp³-hybridized carbons (Fsp3) is 0.800. The number of nitrogens with zero attached hydrogens (tertiary/aromatic N) is 3. The molecule has 1 saturated carbocycles. The summed E-state index contributed by atoms with van der Waals surface area (Å²) >= 11 is 0. The summed E-state index contributed by atoms with van der Waals surface area (Å²) in [6.45, 7) is 14.6. The third kappa shape index (κ3) is 2.35. The maximum Gasteiger partial charge on any atom is 0.195 e. The number of piperidine rings is 1. The highest BCUT2D eigenvalue weighted by Crippen LogP contribution is 2.75. The first kappa shape index (κ1) is 19.1. The van der Waals surface area contributed by atoms with E-state index in [4.69, 9.17) is 9.57 Å². The Balaban J connectivity index is 1.82. The molecule has 1 aromatic heterocycles. The van der Waals surface area contributed by atoms with Crippen LogP contribution in [0.15, 0.2) is 12.1 Å². The van der Waals surface area contributed by atoms with Gasteiger partial charge >= 0.3 is 0 Å². The van der Waals surface area contributed by atoms with Crippen molar-refractivity contribution in [3.63, 3.8) is 0 Å². The van der Waals surface area contributed by atoms with Crippen LogP contribution in [0.4, 0.5) is 0 Å². The van der Waals surface area contributed by atoms with E-state index >= 15 is 0 Å². The quantitative estimate of drug-likeness (QED) is 0.818. The van der Waals surface area contributed by atoms with Crippen molar-refractivity contribution in [1.82, 2.24) is 14.5 Å². The molecule has 3 fully saturated rings. The Bertz CT molecular complexity index is 667. The first-order valence-electron chi connectivity index (χ1n) is 10.1. The van der Waals surface area contributed by atoms with Gasteiger partial charge in [0.2, 0.25) is 0 Å². The zero-order valence-corrected chi connectivity index (χ0v) is 17.1. The summed E-state index contributed by atoms with van der Waals surface area (Å²) < 4.78 is 7.33. The Morgan fingerprint density at radius 1 is 1.04 bits per heavy atom. The van der Waals surface area contributed by atoms with Gasteiger partial charge in [0.25, 0.3) is 0 Å². The number of aromatic hydroxyl groups is 2. The topological polar surface area (TPSA) is 70.3 Å². The van der Waals surface area contributed by atoms with Crippen molar-refractivity contribution in [2.45, 2.75) is 57.8 Å². The average molecular weight is 380 g/mol. The van der Waals surface area contributed by atoms with Crippen LogP contribution >= 0.6 is 0 Å². The lowest BCUT2D eigenvalue weighted by molar-refractivity contribution is -0.266. The average Bonchev–Trinajstić information content (AvgIpc) is 3.18. The summed E-state index contributed by atoms with van der Waals surface area (Å²) in [6.07, 6.45) is 0.964. The second kappa shape index (κ2) is 6.11. The smallest absolute Gasteiger partial charge is 0.195 e. The maximum absolute atomic E-state index is 10.6. The highest BCUT2D eigenvalue weighted by molar-refractivity contribution is 5.38. The monoisotopic (exact) mass is 379 g/mol. The van der Waals surface area contributed by atoms with Crippen LogP contribution in [0.2, 0.25) is 0 Å². The van der Waals surface area contributed by atoms with E-state index in [0.29, 0.717) is 19.8 Å². The van der Waals surface area contributed by atoms with Gasteiger partial charge in [-0.05, 0) is 34.1 Å². The van der Waals surface area contributed by atoms with Crippen molar-refractivity contribution in [3.05, 3.63) is 12.1 Å². The number of hydroxylamine groups is 2. The summed E-state index contributed by atoms with van der Waals surface area (Å²) in [5.41, 5.74) is -0.962. The lowest BCUT2D eigenvalue weighted by atomic mass is 9.93. The third-order valence-electron chi connectivity index (χ3n) is 6.85. The largest absolute Gasteiger partial charge is 0.494 e. The van der Waals surface area contributed by atoms with Crippen molar-refractivity contribution in [2.75, 3.05) is 32.9 Å². The van der Waals surface area contributed by atoms with Gasteiger partial charge < -0.3 is 14.9 Å². The Kier molecular flexibility index (Phi) is 4.31. The molecule has 0 bridgehead atoms. The second-order valence-electron chi connectivity index (χ2n) is 9.16. The molecule has 0 radical (unpaired) electrons. The zero-order valence-electron chi connectivity index (χ0n) is 17.1. The van der Waals surface area contributed by atoms with Gasteiger partial charge in [0, 0.05) is 48.1 Å². The normalized spacial score (nSPS) is 35.3. The highest BCUT2D eigenvalue weighted by atomic mass is 16.7. The molecule has 0 spiro atoms. The van der Waals surface area contributed by atoms with Crippen molar-refractivity contribution >= 4 is 0 Å². The Labute approximate surface area is 161 Å². The summed E-state index contributed by atoms with van der Waals surface area (Å²) in [6, 6.07) is 3.16. The molecule has 7 heteroatoms. The van der Waals surface area contributed by atoms with Gasteiger partial charge in [-0.25, -0.2) is 0 Å². The summed E-state index contributed by atoms with van der Waals surface area (Å²) in [7, 11) is 0. The standard InChI is InChI=1S/C20H33N3O4/c1-6-11-27-23-18(2,3)16-17(19(23,4)5)20(16,21-9-12-26-13-10-21)22-14(24)7-8-15(22)25/h7-8,16-17,24-25H,6,9-13H2,1-5H3. The van der Waals surface area contributed by atoms with Crippen LogP contribution in [0.5, 0.6) is 11.8 Å². The number of rotatable bonds is 5. The summed E-state index contributed by atoms with van der Waals surface area (Å²) in [5.74, 6) is 0.639. The molecule has 1 aliphatic carbocycles. The molecule has 2 unspecified atom stereocenters. The molecule has 7 nitrogen and oxygen atoms in total. The van der Waals surface area contributed by atoms with Gasteiger partial charge in [-0.2, -0.15) is 5.06 Å². The van der Waals surface area contributed by atoms with Crippen molar-refractivity contribution < 1.29 is 19.8 Å². The van der Waals surface area contributed by atoms with Crippen molar-refractivity contribution in [1.29, 1.82) is 0 Å². The summed E-state index contributed by atoms with van der Waals surface area (Å²) in [5, 5.41) is 23.4. The molecule has 2 atom stereocenters. The molecule has 27 heavy (non-hydrogen) atoms. The Morgan fingerprint density at radius 2 is 1.56 bits per heavy atom. The van der Waals surface area contributed by atoms with E-state index in [-0.39, 0.29) is 34.7 Å². The number of fused-ring (bicyclic) bond motifs is 1. The fourth-order valence-corrected chi connectivity index (χ4v) is 6.24. The van der Waals surface area contributed by atoms with Gasteiger partial charge in [0.15, 0.2) is 11.8 Å². The molecule has 152 valence electrons. The van der Waals surface area contributed by atoms with Crippen molar-refractivity contribution in [2.24, 2.45) is 11.8 Å². The van der Waals surface area contributed by atoms with Gasteiger partial charge in [0.05, 0.1) is 19.8 Å². The Hall–Kier alpha value is -1.28. The Morgan fingerprint density at radius 3 is 2.04 bits per heavy atom. The molecule has 3 heterocycles. The molecule has 0 aromatic carbocycles. The maximum atomic E-state index is 10.6. The van der Waals surface area contributed by atoms with Gasteiger partial charge in [-0.3, -0.25) is 14.3 Å². The lowest BCUT2D eigenvalue weighted by Gasteiger charge is -2.50. The van der Waals surface area contributed by atoms with E-state index in [0.717, 1.165) is 19.5 Å². The van der Waals surface area contributed by atoms with Crippen LogP contribution in [-0.4, -0.2) is 68.7 Å². The molecule has 1 aromatic rings. The minimum absolute atomic E-state index is 0.112. The van der Waals surface area contributed by atoms with Gasteiger partial charge in [0.1, 0.15) is 5.66 Å². The van der Waals surface area contributed by atoms with Crippen LogP contribution < -0.4 is 0 Å². The number of morpholine rings is 1. The summed E-state index contributed by atoms with van der Waals surface area (Å²) in [4.78, 5) is 8.59. The van der Waals surface area contributed by atoms with Crippen LogP contribution in [0, 0.1) is 11.8 Å². The molecule has 2 N–H and O–H groups in total. The molecule has 2 saturated heterocycles. The van der Waals surface area contributed by atoms with E-state index < -0.39 is 5.66 Å². The predicted molar refractivity (Wildman–Crippen MR) is 101 cm³/mol. The molecule has 3 aliphatic rings. The number of hydrogen-bond acceptors (Lipinski definition) is 6. The molecular weight excluding hydrogens is 346 g/mol. The predicted octanol–water partition coefficient (Wildman–Crippen LogP) is 2.34. The second-order valence-corrected chi connectivity index (χ2v) is 9.16. The van der Waals surface area contributed by atoms with Crippen LogP contribution in [0.1, 0.15) is 41.0 Å². The van der Waals surface area contributed by atoms with E-state index in [1.54, 1.807) is 16.7 Å². The number of aromatic nitrogens is 1. The SMILES string of the molecule is CCCON1C(C)(C)C2C(C1(C)C)C2(N1CCOCC1)n1c(O)ccc1O. The van der Waals surface area contributed by atoms with E-state index in [2.05, 4.69) is 44.6 Å². The minimum atomic E-state index is -0.472. The first-order chi connectivity index (χ1) is 12.7. The highest BCUT2D eigenvalue weighted by Gasteiger charge is 2.85. The number of hydrogen-bond donors (Lipinski definition) is 2. The first-order valence-corrected chi connectivity index (χ1v) is 10.1. The fourth-order valence-electron chi connectivity index (χ4n) is 6.24. The molecule has 0 amide bonds. The van der Waals surface area contributed by atoms with E-state index in [9.17, 15) is 10.2 Å². The van der Waals surface area contributed by atoms with E-state index in [1.165, 1.54) is 0 Å². The van der Waals surface area contributed by atoms with Gasteiger partial charge in [-0.15, -0.1) is 0 Å². The minimum Gasteiger partial charge on any atom is -0.494 e. The molecule has 4 rings (SSSR count). The lowest BCUT2D eigenvalue weighted by Crippen LogP contribution is -2.61. The van der Waals surface area contributed by atoms with Gasteiger partial charge in [-0.1, -0.05) is 6.92 Å². The van der Waals surface area contributed by atoms with Crippen LogP contribution in [0.25, 0.3) is 0 Å². The zero-order chi connectivity index (χ0) is 19.6. The van der Waals surface area contributed by atoms with Crippen molar-refractivity contribution in [3.8, 4) is 11.8 Å². The number of ether oxygens (including phenoxy) is 1. The van der Waals surface area contributed by atoms with E-state index in [1.807, 2.05) is 0 Å². The third-order valence-corrected chi connectivity index (χ3v) is 6.85. The van der Waals surface area contributed by atoms with Crippen LogP contribution in [-0.2, 0) is 15.2 Å². The van der Waals surface area contributed by atoms with Crippen LogP contribution in [0.3, 0.4) is 0 Å². The molecular formula is C20H33N3O4. The molecule has 2 aliphatic heterocycles.